The summed E-state index contributed by atoms with van der Waals surface area (Å²) in [7, 11) is 3.98. The highest BCUT2D eigenvalue weighted by molar-refractivity contribution is 14.1. The van der Waals surface area contributed by atoms with Crippen molar-refractivity contribution in [1.29, 1.82) is 0 Å². The highest BCUT2D eigenvalue weighted by Gasteiger charge is 2.07. The third-order valence-electron chi connectivity index (χ3n) is 2.80. The first-order valence-electron chi connectivity index (χ1n) is 5.83. The van der Waals surface area contributed by atoms with Crippen molar-refractivity contribution >= 4 is 50.0 Å². The molecule has 5 heteroatoms. The van der Waals surface area contributed by atoms with E-state index in [0.717, 1.165) is 21.9 Å². The molecule has 3 aromatic rings. The number of rotatable bonds is 2. The van der Waals surface area contributed by atoms with Crippen LogP contribution in [-0.4, -0.2) is 24.1 Å². The molecule has 0 aliphatic carbocycles. The molecule has 1 aromatic carbocycles. The molecule has 0 aliphatic heterocycles. The van der Waals surface area contributed by atoms with Crippen LogP contribution < -0.4 is 4.90 Å². The monoisotopic (exact) mass is 379 g/mol. The van der Waals surface area contributed by atoms with Crippen LogP contribution in [0.1, 0.15) is 0 Å². The average Bonchev–Trinajstić information content (AvgIpc) is 2.81. The summed E-state index contributed by atoms with van der Waals surface area (Å²) in [5.74, 6) is 0.958. The van der Waals surface area contributed by atoms with Crippen LogP contribution >= 0.6 is 33.9 Å². The lowest BCUT2D eigenvalue weighted by Crippen LogP contribution is -2.09. The molecule has 0 unspecified atom stereocenters. The summed E-state index contributed by atoms with van der Waals surface area (Å²) in [6, 6.07) is 10.4. The van der Waals surface area contributed by atoms with E-state index in [9.17, 15) is 0 Å². The summed E-state index contributed by atoms with van der Waals surface area (Å²) in [5, 5.41) is 1.02. The van der Waals surface area contributed by atoms with Gasteiger partial charge in [0.05, 0.1) is 10.2 Å². The van der Waals surface area contributed by atoms with Crippen molar-refractivity contribution in [3.8, 4) is 10.6 Å². The molecule has 0 N–H and O–H groups in total. The number of fused-ring (bicyclic) bond motifs is 1. The minimum atomic E-state index is 0.958. The maximum Gasteiger partial charge on any atom is 0.127 e. The van der Waals surface area contributed by atoms with Crippen LogP contribution in [0.25, 0.3) is 20.8 Å². The molecule has 0 spiro atoms. The molecule has 0 aliphatic rings. The SMILES string of the molecule is CN(C)c1ccc(-c2nc3ccc([125I])cc3s2)cn1. The predicted octanol–water partition coefficient (Wildman–Crippen LogP) is 4.03. The van der Waals surface area contributed by atoms with E-state index in [1.807, 2.05) is 31.3 Å². The molecule has 3 rings (SSSR count). The van der Waals surface area contributed by atoms with Gasteiger partial charge in [-0.15, -0.1) is 11.3 Å². The molecule has 0 saturated heterocycles. The molecule has 0 saturated carbocycles. The summed E-state index contributed by atoms with van der Waals surface area (Å²) in [4.78, 5) is 11.1. The summed E-state index contributed by atoms with van der Waals surface area (Å²) in [5.41, 5.74) is 2.12. The molecule has 96 valence electrons. The summed E-state index contributed by atoms with van der Waals surface area (Å²) in [6.07, 6.45) is 1.89. The summed E-state index contributed by atoms with van der Waals surface area (Å²) in [6.45, 7) is 0. The number of thiazole rings is 1. The van der Waals surface area contributed by atoms with Gasteiger partial charge in [0.25, 0.3) is 0 Å². The summed E-state index contributed by atoms with van der Waals surface area (Å²) < 4.78 is 2.46. The van der Waals surface area contributed by atoms with Crippen molar-refractivity contribution in [2.75, 3.05) is 19.0 Å². The van der Waals surface area contributed by atoms with Crippen molar-refractivity contribution in [1.82, 2.24) is 9.97 Å². The first-order chi connectivity index (χ1) is 9.13. The van der Waals surface area contributed by atoms with Gasteiger partial charge in [-0.25, -0.2) is 9.97 Å². The lowest BCUT2D eigenvalue weighted by molar-refractivity contribution is 1.07. The van der Waals surface area contributed by atoms with E-state index in [1.165, 1.54) is 8.27 Å². The third kappa shape index (κ3) is 2.57. The van der Waals surface area contributed by atoms with E-state index in [2.05, 4.69) is 56.8 Å². The van der Waals surface area contributed by atoms with E-state index >= 15 is 0 Å². The van der Waals surface area contributed by atoms with E-state index < -0.39 is 0 Å². The lowest BCUT2D eigenvalue weighted by atomic mass is 10.3. The van der Waals surface area contributed by atoms with Crippen molar-refractivity contribution in [2.45, 2.75) is 0 Å². The first kappa shape index (κ1) is 12.8. The lowest BCUT2D eigenvalue weighted by Gasteiger charge is -2.10. The molecule has 0 radical (unpaired) electrons. The van der Waals surface area contributed by atoms with Crippen LogP contribution in [0.2, 0.25) is 0 Å². The van der Waals surface area contributed by atoms with Gasteiger partial charge >= 0.3 is 0 Å². The number of pyridine rings is 1. The molecule has 0 atom stereocenters. The quantitative estimate of drug-likeness (QED) is 0.630. The van der Waals surface area contributed by atoms with E-state index in [1.54, 1.807) is 11.3 Å². The molecule has 0 amide bonds. The van der Waals surface area contributed by atoms with Gasteiger partial charge in [0.2, 0.25) is 0 Å². The topological polar surface area (TPSA) is 29.0 Å². The van der Waals surface area contributed by atoms with Crippen LogP contribution in [0, 0.1) is 3.57 Å². The summed E-state index contributed by atoms with van der Waals surface area (Å²) >= 11 is 4.03. The fraction of sp³-hybridized carbons (Fsp3) is 0.143. The van der Waals surface area contributed by atoms with Gasteiger partial charge in [0.15, 0.2) is 0 Å². The van der Waals surface area contributed by atoms with Gasteiger partial charge in [0, 0.05) is 29.4 Å². The van der Waals surface area contributed by atoms with Gasteiger partial charge in [-0.2, -0.15) is 0 Å². The third-order valence-corrected chi connectivity index (χ3v) is 4.54. The van der Waals surface area contributed by atoms with Gasteiger partial charge in [0.1, 0.15) is 10.8 Å². The minimum absolute atomic E-state index is 0.958. The zero-order chi connectivity index (χ0) is 13.4. The molecular weight excluding hydrogens is 367 g/mol. The Bertz CT molecular complexity index is 719. The van der Waals surface area contributed by atoms with Crippen molar-refractivity contribution in [3.05, 3.63) is 40.1 Å². The Balaban J connectivity index is 2.03. The Hall–Kier alpha value is -1.21. The molecule has 19 heavy (non-hydrogen) atoms. The first-order valence-corrected chi connectivity index (χ1v) is 7.73. The number of nitrogens with zero attached hydrogens (tertiary/aromatic N) is 3. The normalized spacial score (nSPS) is 10.9. The van der Waals surface area contributed by atoms with Gasteiger partial charge in [-0.1, -0.05) is 0 Å². The fourth-order valence-corrected chi connectivity index (χ4v) is 3.50. The number of hydrogen-bond acceptors (Lipinski definition) is 4. The second-order valence-electron chi connectivity index (χ2n) is 4.43. The molecule has 0 fully saturated rings. The minimum Gasteiger partial charge on any atom is -0.363 e. The van der Waals surface area contributed by atoms with Crippen molar-refractivity contribution in [3.63, 3.8) is 0 Å². The van der Waals surface area contributed by atoms with Gasteiger partial charge < -0.3 is 4.90 Å². The molecule has 2 aromatic heterocycles. The van der Waals surface area contributed by atoms with Crippen LogP contribution in [0.4, 0.5) is 5.82 Å². The Labute approximate surface area is 129 Å². The van der Waals surface area contributed by atoms with Gasteiger partial charge in [-0.3, -0.25) is 0 Å². The molecule has 0 bridgehead atoms. The van der Waals surface area contributed by atoms with Crippen LogP contribution in [0.15, 0.2) is 36.5 Å². The standard InChI is InChI=1S/C14H12IN3S/c1-18(2)13-6-3-9(8-16-13)14-17-11-5-4-10(15)7-12(11)19-14/h3-8H,1-2H3/i15-2. The zero-order valence-corrected chi connectivity index (χ0v) is 13.6. The van der Waals surface area contributed by atoms with Crippen LogP contribution in [0.5, 0.6) is 0 Å². The number of aromatic nitrogens is 2. The Morgan fingerprint density at radius 1 is 1.16 bits per heavy atom. The Kier molecular flexibility index (Phi) is 3.40. The maximum absolute atomic E-state index is 4.66. The Morgan fingerprint density at radius 2 is 2.00 bits per heavy atom. The van der Waals surface area contributed by atoms with Gasteiger partial charge in [-0.05, 0) is 52.9 Å². The van der Waals surface area contributed by atoms with Crippen molar-refractivity contribution < 1.29 is 0 Å². The van der Waals surface area contributed by atoms with E-state index in [0.29, 0.717) is 0 Å². The second-order valence-corrected chi connectivity index (χ2v) is 6.71. The highest BCUT2D eigenvalue weighted by atomic mass is 125. The van der Waals surface area contributed by atoms with Crippen molar-refractivity contribution in [2.24, 2.45) is 0 Å². The second kappa shape index (κ2) is 5.05. The highest BCUT2D eigenvalue weighted by Crippen LogP contribution is 2.31. The number of halogens is 1. The van der Waals surface area contributed by atoms with Crippen LogP contribution in [0.3, 0.4) is 0 Å². The predicted molar refractivity (Wildman–Crippen MR) is 89.9 cm³/mol. The fourth-order valence-electron chi connectivity index (χ4n) is 1.80. The smallest absolute Gasteiger partial charge is 0.127 e. The average molecular weight is 379 g/mol. The molecule has 3 nitrogen and oxygen atoms in total. The van der Waals surface area contributed by atoms with E-state index in [4.69, 9.17) is 0 Å². The zero-order valence-electron chi connectivity index (χ0n) is 10.6. The molecular formula is C14H12IN3S. The largest absolute Gasteiger partial charge is 0.363 e. The maximum atomic E-state index is 4.66. The Morgan fingerprint density at radius 3 is 2.68 bits per heavy atom. The molecule has 2 heterocycles. The van der Waals surface area contributed by atoms with E-state index in [-0.39, 0.29) is 0 Å². The number of anilines is 1. The number of benzene rings is 1. The number of hydrogen-bond donors (Lipinski definition) is 0. The van der Waals surface area contributed by atoms with Crippen LogP contribution in [-0.2, 0) is 0 Å².